The number of carbonyl (C=O) groups is 1. The minimum absolute atomic E-state index is 0.0788. The zero-order valence-electron chi connectivity index (χ0n) is 19.8. The minimum atomic E-state index is 0.0788. The van der Waals surface area contributed by atoms with E-state index in [2.05, 4.69) is 48.2 Å². The SMILES string of the molecule is CCc1ccc(N(C(=O)c2ccccc2)C2CCN(Cc3ccc4c(c3)OCCO4)CC2)cc1. The number of carbonyl (C=O) groups excluding carboxylic acids is 1. The molecule has 0 atom stereocenters. The van der Waals surface area contributed by atoms with Crippen LogP contribution in [0, 0.1) is 0 Å². The lowest BCUT2D eigenvalue weighted by molar-refractivity contribution is 0.0958. The molecule has 5 nitrogen and oxygen atoms in total. The lowest BCUT2D eigenvalue weighted by atomic mass is 9.99. The first kappa shape index (κ1) is 22.5. The Hall–Kier alpha value is -3.31. The van der Waals surface area contributed by atoms with Crippen LogP contribution in [0.3, 0.4) is 0 Å². The monoisotopic (exact) mass is 456 g/mol. The molecule has 3 aromatic rings. The van der Waals surface area contributed by atoms with Crippen molar-refractivity contribution in [1.29, 1.82) is 0 Å². The highest BCUT2D eigenvalue weighted by Gasteiger charge is 2.30. The summed E-state index contributed by atoms with van der Waals surface area (Å²) in [5.41, 5.74) is 4.23. The molecule has 0 aromatic heterocycles. The second-order valence-electron chi connectivity index (χ2n) is 9.05. The molecule has 2 aliphatic heterocycles. The quantitative estimate of drug-likeness (QED) is 0.503. The van der Waals surface area contributed by atoms with E-state index in [1.54, 1.807) is 0 Å². The molecule has 2 heterocycles. The largest absolute Gasteiger partial charge is 0.486 e. The van der Waals surface area contributed by atoms with E-state index in [-0.39, 0.29) is 11.9 Å². The van der Waals surface area contributed by atoms with Crippen LogP contribution in [0.25, 0.3) is 0 Å². The molecule has 0 saturated carbocycles. The van der Waals surface area contributed by atoms with E-state index in [0.717, 1.165) is 61.6 Å². The van der Waals surface area contributed by atoms with Gasteiger partial charge in [0, 0.05) is 36.9 Å². The first-order valence-corrected chi connectivity index (χ1v) is 12.3. The first-order valence-electron chi connectivity index (χ1n) is 12.3. The van der Waals surface area contributed by atoms with Crippen molar-refractivity contribution >= 4 is 11.6 Å². The van der Waals surface area contributed by atoms with Gasteiger partial charge in [-0.1, -0.05) is 43.3 Å². The number of amides is 1. The summed E-state index contributed by atoms with van der Waals surface area (Å²) < 4.78 is 11.4. The van der Waals surface area contributed by atoms with Gasteiger partial charge in [0.2, 0.25) is 0 Å². The molecular weight excluding hydrogens is 424 g/mol. The maximum absolute atomic E-state index is 13.6. The average Bonchev–Trinajstić information content (AvgIpc) is 2.90. The van der Waals surface area contributed by atoms with Gasteiger partial charge in [0.05, 0.1) is 0 Å². The van der Waals surface area contributed by atoms with Crippen molar-refractivity contribution in [2.75, 3.05) is 31.2 Å². The summed E-state index contributed by atoms with van der Waals surface area (Å²) in [7, 11) is 0. The molecule has 176 valence electrons. The second kappa shape index (κ2) is 10.3. The van der Waals surface area contributed by atoms with E-state index in [1.165, 1.54) is 11.1 Å². The van der Waals surface area contributed by atoms with Gasteiger partial charge >= 0.3 is 0 Å². The molecule has 1 saturated heterocycles. The molecule has 34 heavy (non-hydrogen) atoms. The number of anilines is 1. The zero-order chi connectivity index (χ0) is 23.3. The van der Waals surface area contributed by atoms with Gasteiger partial charge in [-0.2, -0.15) is 0 Å². The molecule has 0 spiro atoms. The number of hydrogen-bond acceptors (Lipinski definition) is 4. The summed E-state index contributed by atoms with van der Waals surface area (Å²) in [5, 5.41) is 0. The predicted molar refractivity (Wildman–Crippen MR) is 135 cm³/mol. The summed E-state index contributed by atoms with van der Waals surface area (Å²) in [6.07, 6.45) is 2.88. The number of nitrogens with zero attached hydrogens (tertiary/aromatic N) is 2. The van der Waals surface area contributed by atoms with Gasteiger partial charge in [0.15, 0.2) is 11.5 Å². The Morgan fingerprint density at radius 2 is 1.56 bits per heavy atom. The van der Waals surface area contributed by atoms with Crippen LogP contribution >= 0.6 is 0 Å². The Labute approximate surface area is 201 Å². The molecule has 1 fully saturated rings. The van der Waals surface area contributed by atoms with Gasteiger partial charge in [-0.3, -0.25) is 9.69 Å². The number of benzene rings is 3. The summed E-state index contributed by atoms with van der Waals surface area (Å²) in [6, 6.07) is 24.5. The fourth-order valence-corrected chi connectivity index (χ4v) is 4.89. The number of fused-ring (bicyclic) bond motifs is 1. The van der Waals surface area contributed by atoms with Crippen LogP contribution in [0.15, 0.2) is 72.8 Å². The van der Waals surface area contributed by atoms with Gasteiger partial charge in [0.1, 0.15) is 13.2 Å². The molecule has 3 aromatic carbocycles. The first-order chi connectivity index (χ1) is 16.7. The lowest BCUT2D eigenvalue weighted by Gasteiger charge is -2.39. The third-order valence-corrected chi connectivity index (χ3v) is 6.80. The Balaban J connectivity index is 1.29. The summed E-state index contributed by atoms with van der Waals surface area (Å²) in [6.45, 7) is 6.14. The highest BCUT2D eigenvalue weighted by Crippen LogP contribution is 2.32. The molecule has 5 rings (SSSR count). The van der Waals surface area contributed by atoms with Crippen molar-refractivity contribution in [3.05, 3.63) is 89.5 Å². The van der Waals surface area contributed by atoms with Crippen molar-refractivity contribution in [3.63, 3.8) is 0 Å². The number of ether oxygens (including phenoxy) is 2. The van der Waals surface area contributed by atoms with Crippen LogP contribution in [-0.2, 0) is 13.0 Å². The van der Waals surface area contributed by atoms with Crippen molar-refractivity contribution in [2.24, 2.45) is 0 Å². The van der Waals surface area contributed by atoms with Crippen LogP contribution < -0.4 is 14.4 Å². The molecule has 0 aliphatic carbocycles. The molecule has 1 amide bonds. The van der Waals surface area contributed by atoms with Gasteiger partial charge in [-0.05, 0) is 66.8 Å². The normalized spacial score (nSPS) is 16.3. The van der Waals surface area contributed by atoms with Gasteiger partial charge in [0.25, 0.3) is 5.91 Å². The summed E-state index contributed by atoms with van der Waals surface area (Å²) in [4.78, 5) is 18.1. The Kier molecular flexibility index (Phi) is 6.82. The number of rotatable bonds is 6. The van der Waals surface area contributed by atoms with Gasteiger partial charge < -0.3 is 14.4 Å². The lowest BCUT2D eigenvalue weighted by Crippen LogP contribution is -2.47. The maximum atomic E-state index is 13.6. The van der Waals surface area contributed by atoms with Crippen LogP contribution in [0.4, 0.5) is 5.69 Å². The topological polar surface area (TPSA) is 42.0 Å². The van der Waals surface area contributed by atoms with E-state index in [4.69, 9.17) is 9.47 Å². The zero-order valence-corrected chi connectivity index (χ0v) is 19.8. The maximum Gasteiger partial charge on any atom is 0.258 e. The molecule has 0 unspecified atom stereocenters. The van der Waals surface area contributed by atoms with E-state index in [9.17, 15) is 4.79 Å². The van der Waals surface area contributed by atoms with Crippen molar-refractivity contribution in [2.45, 2.75) is 38.8 Å². The third kappa shape index (κ3) is 4.95. The minimum Gasteiger partial charge on any atom is -0.486 e. The molecule has 2 aliphatic rings. The smallest absolute Gasteiger partial charge is 0.258 e. The standard InChI is InChI=1S/C29H32N2O3/c1-2-22-8-11-25(12-9-22)31(29(32)24-6-4-3-5-7-24)26-14-16-30(17-15-26)21-23-10-13-27-28(20-23)34-19-18-33-27/h3-13,20,26H,2,14-19,21H2,1H3. The fraction of sp³-hybridized carbons (Fsp3) is 0.345. The molecule has 0 bridgehead atoms. The van der Waals surface area contributed by atoms with Crippen LogP contribution in [0.1, 0.15) is 41.3 Å². The number of aryl methyl sites for hydroxylation is 1. The van der Waals surface area contributed by atoms with E-state index in [0.29, 0.717) is 13.2 Å². The molecule has 5 heteroatoms. The fourth-order valence-electron chi connectivity index (χ4n) is 4.89. The van der Waals surface area contributed by atoms with Gasteiger partial charge in [-0.15, -0.1) is 0 Å². The van der Waals surface area contributed by atoms with E-state index in [1.807, 2.05) is 41.3 Å². The summed E-state index contributed by atoms with van der Waals surface area (Å²) >= 11 is 0. The Bertz CT molecular complexity index is 1110. The number of hydrogen-bond donors (Lipinski definition) is 0. The molecule has 0 N–H and O–H groups in total. The van der Waals surface area contributed by atoms with E-state index >= 15 is 0 Å². The highest BCUT2D eigenvalue weighted by molar-refractivity contribution is 6.06. The van der Waals surface area contributed by atoms with Gasteiger partial charge in [-0.25, -0.2) is 0 Å². The van der Waals surface area contributed by atoms with Crippen molar-refractivity contribution in [1.82, 2.24) is 4.90 Å². The number of piperidine rings is 1. The highest BCUT2D eigenvalue weighted by atomic mass is 16.6. The van der Waals surface area contributed by atoms with Crippen LogP contribution in [0.5, 0.6) is 11.5 Å². The Morgan fingerprint density at radius 1 is 0.882 bits per heavy atom. The Morgan fingerprint density at radius 3 is 2.26 bits per heavy atom. The predicted octanol–water partition coefficient (Wildman–Crippen LogP) is 5.33. The van der Waals surface area contributed by atoms with Crippen LogP contribution in [0.2, 0.25) is 0 Å². The second-order valence-corrected chi connectivity index (χ2v) is 9.05. The number of likely N-dealkylation sites (tertiary alicyclic amines) is 1. The van der Waals surface area contributed by atoms with Crippen molar-refractivity contribution in [3.8, 4) is 11.5 Å². The molecular formula is C29H32N2O3. The average molecular weight is 457 g/mol. The third-order valence-electron chi connectivity index (χ3n) is 6.80. The van der Waals surface area contributed by atoms with E-state index < -0.39 is 0 Å². The van der Waals surface area contributed by atoms with Crippen LogP contribution in [-0.4, -0.2) is 43.2 Å². The van der Waals surface area contributed by atoms with Crippen molar-refractivity contribution < 1.29 is 14.3 Å². The summed E-state index contributed by atoms with van der Waals surface area (Å²) in [5.74, 6) is 1.75. The molecule has 0 radical (unpaired) electrons.